The van der Waals surface area contributed by atoms with Crippen molar-refractivity contribution < 1.29 is 18.0 Å². The van der Waals surface area contributed by atoms with Crippen molar-refractivity contribution in [2.45, 2.75) is 51.4 Å². The summed E-state index contributed by atoms with van der Waals surface area (Å²) in [7, 11) is 0. The Labute approximate surface area is 154 Å². The van der Waals surface area contributed by atoms with E-state index in [1.165, 1.54) is 10.9 Å². The zero-order chi connectivity index (χ0) is 19.2. The molecule has 10 heteroatoms. The third kappa shape index (κ3) is 3.70. The van der Waals surface area contributed by atoms with Gasteiger partial charge in [-0.05, 0) is 26.2 Å². The van der Waals surface area contributed by atoms with Gasteiger partial charge in [0.25, 0.3) is 0 Å². The van der Waals surface area contributed by atoms with Crippen molar-refractivity contribution in [1.29, 1.82) is 0 Å². The number of hydrogen-bond donors (Lipinski definition) is 1. The highest BCUT2D eigenvalue weighted by Crippen LogP contribution is 2.32. The van der Waals surface area contributed by atoms with E-state index in [-0.39, 0.29) is 23.7 Å². The summed E-state index contributed by atoms with van der Waals surface area (Å²) in [6.45, 7) is 3.36. The fraction of sp³-hybridized carbons (Fsp3) is 0.647. The third-order valence-electron chi connectivity index (χ3n) is 5.05. The molecule has 1 saturated carbocycles. The number of carbonyl (C=O) groups is 1. The first-order chi connectivity index (χ1) is 12.9. The van der Waals surface area contributed by atoms with Gasteiger partial charge in [-0.25, -0.2) is 15.0 Å². The Kier molecular flexibility index (Phi) is 4.43. The summed E-state index contributed by atoms with van der Waals surface area (Å²) < 4.78 is 40.0. The molecule has 1 amide bonds. The Balaban J connectivity index is 1.56. The first-order valence-corrected chi connectivity index (χ1v) is 9.18. The van der Waals surface area contributed by atoms with E-state index in [1.807, 2.05) is 4.90 Å². The van der Waals surface area contributed by atoms with E-state index in [4.69, 9.17) is 0 Å². The van der Waals surface area contributed by atoms with Gasteiger partial charge < -0.3 is 14.8 Å². The molecule has 1 saturated heterocycles. The van der Waals surface area contributed by atoms with E-state index in [0.717, 1.165) is 19.3 Å². The van der Waals surface area contributed by atoms with E-state index < -0.39 is 12.6 Å². The number of halogens is 3. The lowest BCUT2D eigenvalue weighted by atomic mass is 10.2. The van der Waals surface area contributed by atoms with Gasteiger partial charge in [0.15, 0.2) is 17.0 Å². The summed E-state index contributed by atoms with van der Waals surface area (Å²) in [6.07, 6.45) is -1.41. The van der Waals surface area contributed by atoms with Crippen LogP contribution in [0.4, 0.5) is 19.0 Å². The number of imidazole rings is 1. The van der Waals surface area contributed by atoms with Crippen LogP contribution in [-0.2, 0) is 17.8 Å². The summed E-state index contributed by atoms with van der Waals surface area (Å²) >= 11 is 0. The second kappa shape index (κ2) is 6.65. The van der Waals surface area contributed by atoms with Gasteiger partial charge in [0, 0.05) is 31.6 Å². The van der Waals surface area contributed by atoms with E-state index in [1.54, 1.807) is 6.92 Å². The zero-order valence-corrected chi connectivity index (χ0v) is 15.0. The molecule has 1 aliphatic carbocycles. The standard InChI is InChI=1S/C17H21F3N6O/c1-2-26-12(7-17(18,19)20)24-13-14(21-9-22-15(13)26)23-11-5-6-25(8-11)16(27)10-3-4-10/h9-11H,2-8H2,1H3,(H,21,22,23)/t11-/m0/s1. The number of fused-ring (bicyclic) bond motifs is 1. The topological polar surface area (TPSA) is 75.9 Å². The maximum Gasteiger partial charge on any atom is 0.396 e. The van der Waals surface area contributed by atoms with Crippen LogP contribution in [-0.4, -0.2) is 55.6 Å². The molecule has 146 valence electrons. The largest absolute Gasteiger partial charge is 0.396 e. The minimum atomic E-state index is -4.34. The number of likely N-dealkylation sites (tertiary alicyclic amines) is 1. The van der Waals surface area contributed by atoms with E-state index >= 15 is 0 Å². The molecule has 0 aromatic carbocycles. The quantitative estimate of drug-likeness (QED) is 0.859. The number of amides is 1. The van der Waals surface area contributed by atoms with Gasteiger partial charge in [-0.1, -0.05) is 0 Å². The van der Waals surface area contributed by atoms with Crippen LogP contribution in [0.1, 0.15) is 32.0 Å². The van der Waals surface area contributed by atoms with Gasteiger partial charge >= 0.3 is 6.18 Å². The highest BCUT2D eigenvalue weighted by Gasteiger charge is 2.37. The maximum absolute atomic E-state index is 12.9. The third-order valence-corrected chi connectivity index (χ3v) is 5.05. The van der Waals surface area contributed by atoms with Crippen LogP contribution in [0, 0.1) is 5.92 Å². The average molecular weight is 382 g/mol. The smallest absolute Gasteiger partial charge is 0.364 e. The first kappa shape index (κ1) is 18.0. The van der Waals surface area contributed by atoms with Crippen molar-refractivity contribution in [2.24, 2.45) is 5.92 Å². The van der Waals surface area contributed by atoms with Crippen molar-refractivity contribution in [1.82, 2.24) is 24.4 Å². The van der Waals surface area contributed by atoms with Crippen LogP contribution < -0.4 is 5.32 Å². The van der Waals surface area contributed by atoms with Gasteiger partial charge in [0.2, 0.25) is 5.91 Å². The molecule has 4 rings (SSSR count). The molecule has 2 aromatic rings. The minimum Gasteiger partial charge on any atom is -0.364 e. The van der Waals surface area contributed by atoms with Gasteiger partial charge in [-0.2, -0.15) is 13.2 Å². The Morgan fingerprint density at radius 3 is 2.74 bits per heavy atom. The Bertz CT molecular complexity index is 860. The molecule has 2 aromatic heterocycles. The molecule has 0 spiro atoms. The number of anilines is 1. The fourth-order valence-electron chi connectivity index (χ4n) is 3.59. The molecule has 1 atom stereocenters. The number of alkyl halides is 3. The highest BCUT2D eigenvalue weighted by molar-refractivity contribution is 5.84. The summed E-state index contributed by atoms with van der Waals surface area (Å²) in [4.78, 5) is 26.5. The van der Waals surface area contributed by atoms with Crippen LogP contribution >= 0.6 is 0 Å². The van der Waals surface area contributed by atoms with Gasteiger partial charge in [0.05, 0.1) is 0 Å². The number of carbonyl (C=O) groups excluding carboxylic acids is 1. The molecular weight excluding hydrogens is 361 g/mol. The molecule has 0 radical (unpaired) electrons. The van der Waals surface area contributed by atoms with E-state index in [9.17, 15) is 18.0 Å². The van der Waals surface area contributed by atoms with Crippen LogP contribution in [0.2, 0.25) is 0 Å². The lowest BCUT2D eigenvalue weighted by Gasteiger charge is -2.17. The van der Waals surface area contributed by atoms with Gasteiger partial charge in [-0.3, -0.25) is 4.79 Å². The fourth-order valence-corrected chi connectivity index (χ4v) is 3.59. The van der Waals surface area contributed by atoms with Crippen LogP contribution in [0.5, 0.6) is 0 Å². The maximum atomic E-state index is 12.9. The molecular formula is C17H21F3N6O. The summed E-state index contributed by atoms with van der Waals surface area (Å²) in [5.74, 6) is 0.733. The number of hydrogen-bond acceptors (Lipinski definition) is 5. The van der Waals surface area contributed by atoms with Crippen molar-refractivity contribution in [3.05, 3.63) is 12.2 Å². The summed E-state index contributed by atoms with van der Waals surface area (Å²) in [6, 6.07) is 0.00337. The van der Waals surface area contributed by atoms with E-state index in [2.05, 4.69) is 20.3 Å². The minimum absolute atomic E-state index is 0.00337. The van der Waals surface area contributed by atoms with Gasteiger partial charge in [-0.15, -0.1) is 0 Å². The molecule has 1 N–H and O–H groups in total. The van der Waals surface area contributed by atoms with Crippen LogP contribution in [0.25, 0.3) is 11.2 Å². The monoisotopic (exact) mass is 382 g/mol. The van der Waals surface area contributed by atoms with Crippen molar-refractivity contribution in [3.63, 3.8) is 0 Å². The van der Waals surface area contributed by atoms with E-state index in [0.29, 0.717) is 36.6 Å². The summed E-state index contributed by atoms with van der Waals surface area (Å²) in [5, 5.41) is 3.25. The predicted molar refractivity (Wildman–Crippen MR) is 92.1 cm³/mol. The lowest BCUT2D eigenvalue weighted by molar-refractivity contribution is -0.131. The highest BCUT2D eigenvalue weighted by atomic mass is 19.4. The average Bonchev–Trinajstić information content (AvgIpc) is 3.25. The Morgan fingerprint density at radius 1 is 1.30 bits per heavy atom. The number of nitrogens with one attached hydrogen (secondary N) is 1. The van der Waals surface area contributed by atoms with Crippen molar-refractivity contribution in [2.75, 3.05) is 18.4 Å². The molecule has 27 heavy (non-hydrogen) atoms. The molecule has 0 unspecified atom stereocenters. The first-order valence-electron chi connectivity index (χ1n) is 9.18. The lowest BCUT2D eigenvalue weighted by Crippen LogP contribution is -2.32. The summed E-state index contributed by atoms with van der Waals surface area (Å²) in [5.41, 5.74) is 0.726. The van der Waals surface area contributed by atoms with Crippen molar-refractivity contribution >= 4 is 22.9 Å². The second-order valence-electron chi connectivity index (χ2n) is 7.15. The Morgan fingerprint density at radius 2 is 2.07 bits per heavy atom. The normalized spacial score (nSPS) is 20.4. The molecule has 3 heterocycles. The molecule has 0 bridgehead atoms. The Hall–Kier alpha value is -2.39. The van der Waals surface area contributed by atoms with Crippen LogP contribution in [0.15, 0.2) is 6.33 Å². The number of aromatic nitrogens is 4. The number of rotatable bonds is 5. The number of nitrogens with zero attached hydrogens (tertiary/aromatic N) is 5. The number of aryl methyl sites for hydroxylation is 1. The SMILES string of the molecule is CCn1c(CC(F)(F)F)nc2c(N[C@H]3CCN(C(=O)C4CC4)C3)ncnc21. The van der Waals surface area contributed by atoms with Crippen molar-refractivity contribution in [3.8, 4) is 0 Å². The predicted octanol–water partition coefficient (Wildman–Crippen LogP) is 2.37. The van der Waals surface area contributed by atoms with Crippen LogP contribution in [0.3, 0.4) is 0 Å². The second-order valence-corrected chi connectivity index (χ2v) is 7.15. The molecule has 2 aliphatic rings. The molecule has 2 fully saturated rings. The molecule has 1 aliphatic heterocycles. The zero-order valence-electron chi connectivity index (χ0n) is 15.0. The van der Waals surface area contributed by atoms with Gasteiger partial charge in [0.1, 0.15) is 18.6 Å². The molecule has 7 nitrogen and oxygen atoms in total.